The molecule has 1 aliphatic carbocycles. The number of hydrogen-bond donors (Lipinski definition) is 2. The second-order valence-corrected chi connectivity index (χ2v) is 8.06. The van der Waals surface area contributed by atoms with Crippen LogP contribution >= 0.6 is 11.3 Å². The smallest absolute Gasteiger partial charge is 0.251 e. The second kappa shape index (κ2) is 8.04. The molecule has 2 atom stereocenters. The molecule has 3 rings (SSSR count). The lowest BCUT2D eigenvalue weighted by molar-refractivity contribution is -0.117. The molecule has 1 aromatic heterocycles. The van der Waals surface area contributed by atoms with E-state index in [1.807, 2.05) is 37.3 Å². The molecule has 138 valence electrons. The number of primary amides is 1. The zero-order chi connectivity index (χ0) is 18.7. The number of benzene rings is 1. The molecule has 5 heteroatoms. The van der Waals surface area contributed by atoms with Crippen LogP contribution in [0.15, 0.2) is 30.3 Å². The molecule has 0 saturated carbocycles. The Labute approximate surface area is 158 Å². The lowest BCUT2D eigenvalue weighted by atomic mass is 9.85. The average molecular weight is 371 g/mol. The number of carbonyl (C=O) groups excluding carboxylic acids is 2. The fourth-order valence-corrected chi connectivity index (χ4v) is 5.18. The first kappa shape index (κ1) is 18.6. The molecule has 3 N–H and O–H groups in total. The third kappa shape index (κ3) is 3.68. The molecular formula is C21H26N2O2S. The van der Waals surface area contributed by atoms with E-state index < -0.39 is 5.91 Å². The lowest BCUT2D eigenvalue weighted by Crippen LogP contribution is -2.23. The summed E-state index contributed by atoms with van der Waals surface area (Å²) in [5.74, 6) is -0.107. The van der Waals surface area contributed by atoms with Crippen LogP contribution < -0.4 is 11.1 Å². The summed E-state index contributed by atoms with van der Waals surface area (Å²) in [6.07, 6.45) is 4.76. The number of hydrogen-bond acceptors (Lipinski definition) is 3. The highest BCUT2D eigenvalue weighted by Gasteiger charge is 2.29. The van der Waals surface area contributed by atoms with Crippen molar-refractivity contribution in [2.24, 2.45) is 11.7 Å². The number of carbonyl (C=O) groups is 2. The van der Waals surface area contributed by atoms with Crippen LogP contribution in [0.1, 0.15) is 65.4 Å². The molecule has 1 heterocycles. The first-order valence-corrected chi connectivity index (χ1v) is 10.2. The third-order valence-electron chi connectivity index (χ3n) is 5.35. The topological polar surface area (TPSA) is 72.2 Å². The average Bonchev–Trinajstić information content (AvgIpc) is 3.00. The van der Waals surface area contributed by atoms with Gasteiger partial charge in [0.15, 0.2) is 0 Å². The van der Waals surface area contributed by atoms with Crippen LogP contribution in [-0.4, -0.2) is 11.8 Å². The first-order chi connectivity index (χ1) is 12.5. The number of nitrogens with two attached hydrogens (primary N) is 1. The zero-order valence-electron chi connectivity index (χ0n) is 15.4. The lowest BCUT2D eigenvalue weighted by Gasteiger charge is -2.20. The van der Waals surface area contributed by atoms with Gasteiger partial charge < -0.3 is 11.1 Å². The maximum absolute atomic E-state index is 12.9. The minimum atomic E-state index is -0.444. The minimum Gasteiger partial charge on any atom is -0.365 e. The van der Waals surface area contributed by atoms with Crippen molar-refractivity contribution in [3.8, 4) is 0 Å². The van der Waals surface area contributed by atoms with Crippen LogP contribution in [0.2, 0.25) is 0 Å². The summed E-state index contributed by atoms with van der Waals surface area (Å²) in [5, 5.41) is 3.63. The van der Waals surface area contributed by atoms with Crippen molar-refractivity contribution in [1.29, 1.82) is 0 Å². The van der Waals surface area contributed by atoms with Gasteiger partial charge >= 0.3 is 0 Å². The molecule has 0 fully saturated rings. The summed E-state index contributed by atoms with van der Waals surface area (Å²) in [4.78, 5) is 26.2. The number of anilines is 1. The van der Waals surface area contributed by atoms with Crippen molar-refractivity contribution in [3.05, 3.63) is 51.9 Å². The van der Waals surface area contributed by atoms with Gasteiger partial charge in [0.05, 0.1) is 11.5 Å². The molecule has 0 aliphatic heterocycles. The molecule has 2 aromatic rings. The van der Waals surface area contributed by atoms with E-state index in [2.05, 4.69) is 12.2 Å². The van der Waals surface area contributed by atoms with E-state index in [-0.39, 0.29) is 11.8 Å². The Kier molecular flexibility index (Phi) is 5.77. The quantitative estimate of drug-likeness (QED) is 0.786. The Morgan fingerprint density at radius 1 is 1.27 bits per heavy atom. The van der Waals surface area contributed by atoms with E-state index in [0.29, 0.717) is 22.9 Å². The van der Waals surface area contributed by atoms with Crippen molar-refractivity contribution in [2.45, 2.75) is 51.9 Å². The Hall–Kier alpha value is -2.14. The minimum absolute atomic E-state index is 0.0770. The SMILES string of the molecule is CC[C@@H]1CCc2c(sc(NC(=O)[C@@H](CC)c3ccccc3)c2C(N)=O)C1. The van der Waals surface area contributed by atoms with Crippen molar-refractivity contribution in [3.63, 3.8) is 0 Å². The van der Waals surface area contributed by atoms with Gasteiger partial charge in [0.2, 0.25) is 5.91 Å². The van der Waals surface area contributed by atoms with Crippen LogP contribution in [0, 0.1) is 5.92 Å². The second-order valence-electron chi connectivity index (χ2n) is 6.95. The van der Waals surface area contributed by atoms with Crippen molar-refractivity contribution < 1.29 is 9.59 Å². The van der Waals surface area contributed by atoms with Gasteiger partial charge in [0, 0.05) is 4.88 Å². The highest BCUT2D eigenvalue weighted by molar-refractivity contribution is 7.17. The summed E-state index contributed by atoms with van der Waals surface area (Å²) in [6.45, 7) is 4.20. The number of thiophene rings is 1. The third-order valence-corrected chi connectivity index (χ3v) is 6.52. The maximum Gasteiger partial charge on any atom is 0.251 e. The molecule has 0 unspecified atom stereocenters. The van der Waals surface area contributed by atoms with Gasteiger partial charge in [-0.15, -0.1) is 11.3 Å². The molecule has 4 nitrogen and oxygen atoms in total. The van der Waals surface area contributed by atoms with E-state index in [9.17, 15) is 9.59 Å². The molecule has 0 radical (unpaired) electrons. The monoisotopic (exact) mass is 370 g/mol. The van der Waals surface area contributed by atoms with Crippen LogP contribution in [0.3, 0.4) is 0 Å². The van der Waals surface area contributed by atoms with Crippen LogP contribution in [0.4, 0.5) is 5.00 Å². The normalized spacial score (nSPS) is 17.4. The Bertz CT molecular complexity index is 798. The summed E-state index contributed by atoms with van der Waals surface area (Å²) in [5.41, 5.74) is 8.22. The summed E-state index contributed by atoms with van der Waals surface area (Å²) < 4.78 is 0. The first-order valence-electron chi connectivity index (χ1n) is 9.35. The summed E-state index contributed by atoms with van der Waals surface area (Å²) in [7, 11) is 0. The van der Waals surface area contributed by atoms with Gasteiger partial charge in [-0.25, -0.2) is 0 Å². The van der Waals surface area contributed by atoms with Crippen molar-refractivity contribution in [2.75, 3.05) is 5.32 Å². The largest absolute Gasteiger partial charge is 0.365 e. The van der Waals surface area contributed by atoms with Gasteiger partial charge in [-0.3, -0.25) is 9.59 Å². The van der Waals surface area contributed by atoms with Crippen LogP contribution in [0.25, 0.3) is 0 Å². The highest BCUT2D eigenvalue weighted by atomic mass is 32.1. The molecule has 0 spiro atoms. The molecule has 0 saturated heterocycles. The predicted molar refractivity (Wildman–Crippen MR) is 107 cm³/mol. The van der Waals surface area contributed by atoms with Gasteiger partial charge in [-0.1, -0.05) is 50.6 Å². The number of amides is 2. The Morgan fingerprint density at radius 2 is 2.00 bits per heavy atom. The van der Waals surface area contributed by atoms with Crippen LogP contribution in [0.5, 0.6) is 0 Å². The Morgan fingerprint density at radius 3 is 2.62 bits per heavy atom. The van der Waals surface area contributed by atoms with E-state index in [4.69, 9.17) is 5.73 Å². The van der Waals surface area contributed by atoms with E-state index >= 15 is 0 Å². The Balaban J connectivity index is 1.88. The molecule has 1 aromatic carbocycles. The van der Waals surface area contributed by atoms with Gasteiger partial charge in [-0.2, -0.15) is 0 Å². The maximum atomic E-state index is 12.9. The number of nitrogens with one attached hydrogen (secondary N) is 1. The number of fused-ring (bicyclic) bond motifs is 1. The van der Waals surface area contributed by atoms with E-state index in [1.165, 1.54) is 16.2 Å². The van der Waals surface area contributed by atoms with E-state index in [1.54, 1.807) is 0 Å². The predicted octanol–water partition coefficient (Wildman–Crippen LogP) is 4.49. The van der Waals surface area contributed by atoms with Crippen molar-refractivity contribution >= 4 is 28.2 Å². The fraction of sp³-hybridized carbons (Fsp3) is 0.429. The van der Waals surface area contributed by atoms with Crippen LogP contribution in [-0.2, 0) is 17.6 Å². The van der Waals surface area contributed by atoms with Gasteiger partial charge in [0.1, 0.15) is 5.00 Å². The molecule has 2 amide bonds. The van der Waals surface area contributed by atoms with Crippen molar-refractivity contribution in [1.82, 2.24) is 0 Å². The summed E-state index contributed by atoms with van der Waals surface area (Å²) >= 11 is 1.53. The zero-order valence-corrected chi connectivity index (χ0v) is 16.2. The molecular weight excluding hydrogens is 344 g/mol. The summed E-state index contributed by atoms with van der Waals surface area (Å²) in [6, 6.07) is 9.75. The van der Waals surface area contributed by atoms with E-state index in [0.717, 1.165) is 36.8 Å². The number of rotatable bonds is 6. The van der Waals surface area contributed by atoms with Gasteiger partial charge in [-0.05, 0) is 42.7 Å². The standard InChI is InChI=1S/C21H26N2O2S/c1-3-13-10-11-16-17(12-13)26-21(18(16)19(22)24)23-20(25)15(4-2)14-8-6-5-7-9-14/h5-9,13,15H,3-4,10-12H2,1-2H3,(H2,22,24)(H,23,25)/t13-,15+/m1/s1. The molecule has 1 aliphatic rings. The van der Waals surface area contributed by atoms with Gasteiger partial charge in [0.25, 0.3) is 5.91 Å². The highest BCUT2D eigenvalue weighted by Crippen LogP contribution is 2.40. The molecule has 0 bridgehead atoms. The fourth-order valence-electron chi connectivity index (χ4n) is 3.81. The molecule has 26 heavy (non-hydrogen) atoms.